The van der Waals surface area contributed by atoms with E-state index in [-0.39, 0.29) is 0 Å². The van der Waals surface area contributed by atoms with Crippen molar-refractivity contribution in [2.75, 3.05) is 0 Å². The molecule has 3 nitrogen and oxygen atoms in total. The second kappa shape index (κ2) is 4.84. The molecule has 0 fully saturated rings. The van der Waals surface area contributed by atoms with Gasteiger partial charge in [0.25, 0.3) is 0 Å². The Balaban J connectivity index is 1.84. The van der Waals surface area contributed by atoms with Gasteiger partial charge in [0, 0.05) is 6.20 Å². The predicted octanol–water partition coefficient (Wildman–Crippen LogP) is 2.12. The zero-order valence-corrected chi connectivity index (χ0v) is 9.85. The van der Waals surface area contributed by atoms with Gasteiger partial charge in [-0.25, -0.2) is 0 Å². The Morgan fingerprint density at radius 2 is 1.56 bits per heavy atom. The average molecular weight is 236 g/mol. The predicted molar refractivity (Wildman–Crippen MR) is 73.5 cm³/mol. The van der Waals surface area contributed by atoms with E-state index in [1.807, 2.05) is 55.3 Å². The molecule has 3 heteroatoms. The third kappa shape index (κ3) is 2.15. The Morgan fingerprint density at radius 1 is 0.667 bits per heavy atom. The molecule has 89 valence electrons. The summed E-state index contributed by atoms with van der Waals surface area (Å²) in [5, 5.41) is 9.86. The third-order valence-corrected chi connectivity index (χ3v) is 2.79. The van der Waals surface area contributed by atoms with Crippen molar-refractivity contribution in [3.05, 3.63) is 90.2 Å². The van der Waals surface area contributed by atoms with Crippen LogP contribution in [0.15, 0.2) is 83.7 Å². The van der Waals surface area contributed by atoms with Gasteiger partial charge in [-0.15, -0.1) is 0 Å². The minimum atomic E-state index is 1.06. The molecule has 0 aromatic carbocycles. The minimum Gasteiger partial charge on any atom is -0.375 e. The van der Waals surface area contributed by atoms with Crippen LogP contribution < -0.4 is 16.0 Å². The van der Waals surface area contributed by atoms with Gasteiger partial charge < -0.3 is 16.0 Å². The van der Waals surface area contributed by atoms with Crippen LogP contribution in [0.2, 0.25) is 0 Å². The second-order valence-corrected chi connectivity index (χ2v) is 4.03. The largest absolute Gasteiger partial charge is 0.375 e. The molecule has 0 atom stereocenters. The fourth-order valence-corrected chi connectivity index (χ4v) is 1.90. The van der Waals surface area contributed by atoms with Crippen LogP contribution in [0, 0.1) is 6.54 Å². The van der Waals surface area contributed by atoms with Gasteiger partial charge in [-0.1, -0.05) is 24.3 Å². The van der Waals surface area contributed by atoms with Gasteiger partial charge in [0.05, 0.1) is 29.3 Å². The first-order valence-corrected chi connectivity index (χ1v) is 5.90. The molecular weight excluding hydrogens is 222 g/mol. The molecule has 0 bridgehead atoms. The summed E-state index contributed by atoms with van der Waals surface area (Å²) in [6, 6.07) is 0. The Morgan fingerprint density at radius 3 is 2.33 bits per heavy atom. The van der Waals surface area contributed by atoms with Gasteiger partial charge in [-0.05, 0) is 30.4 Å². The maximum atomic E-state index is 3.41. The van der Waals surface area contributed by atoms with E-state index in [1.165, 1.54) is 0 Å². The number of allylic oxidation sites excluding steroid dienone is 8. The number of dihydropyridines is 3. The average Bonchev–Trinajstić information content (AvgIpc) is 2.49. The second-order valence-electron chi connectivity index (χ2n) is 4.03. The minimum absolute atomic E-state index is 1.06. The Labute approximate surface area is 107 Å². The van der Waals surface area contributed by atoms with Crippen LogP contribution in [-0.4, -0.2) is 0 Å². The van der Waals surface area contributed by atoms with Gasteiger partial charge in [0.15, 0.2) is 0 Å². The van der Waals surface area contributed by atoms with Crippen molar-refractivity contribution >= 4 is 0 Å². The van der Waals surface area contributed by atoms with E-state index in [4.69, 9.17) is 0 Å². The van der Waals surface area contributed by atoms with Crippen molar-refractivity contribution in [2.24, 2.45) is 0 Å². The number of hydrogen-bond donors (Lipinski definition) is 3. The summed E-state index contributed by atoms with van der Waals surface area (Å²) in [5.74, 6) is 0. The molecule has 0 aromatic heterocycles. The molecule has 1 radical (unpaired) electrons. The molecule has 18 heavy (non-hydrogen) atoms. The molecule has 3 aliphatic rings. The van der Waals surface area contributed by atoms with Crippen molar-refractivity contribution in [3.8, 4) is 0 Å². The summed E-state index contributed by atoms with van der Waals surface area (Å²) in [6.07, 6.45) is 20.1. The molecular formula is C15H14N3. The number of nitrogens with one attached hydrogen (secondary N) is 3. The Bertz CT molecular complexity index is 554. The first-order valence-electron chi connectivity index (χ1n) is 5.90. The van der Waals surface area contributed by atoms with Crippen molar-refractivity contribution < 1.29 is 0 Å². The maximum Gasteiger partial charge on any atom is 0.0686 e. The van der Waals surface area contributed by atoms with Crippen molar-refractivity contribution in [1.29, 1.82) is 0 Å². The van der Waals surface area contributed by atoms with E-state index in [0.717, 1.165) is 22.8 Å². The smallest absolute Gasteiger partial charge is 0.0686 e. The first-order chi connectivity index (χ1) is 8.93. The van der Waals surface area contributed by atoms with Crippen molar-refractivity contribution in [2.45, 2.75) is 0 Å². The molecule has 0 saturated heterocycles. The lowest BCUT2D eigenvalue weighted by Gasteiger charge is -2.21. The normalized spacial score (nSPS) is 24.9. The highest BCUT2D eigenvalue weighted by Crippen LogP contribution is 2.17. The summed E-state index contributed by atoms with van der Waals surface area (Å²) >= 11 is 0. The lowest BCUT2D eigenvalue weighted by atomic mass is 10.1. The summed E-state index contributed by atoms with van der Waals surface area (Å²) in [7, 11) is 0. The summed E-state index contributed by atoms with van der Waals surface area (Å²) in [5.41, 5.74) is 4.25. The van der Waals surface area contributed by atoms with Gasteiger partial charge in [-0.3, -0.25) is 0 Å². The summed E-state index contributed by atoms with van der Waals surface area (Å²) < 4.78 is 0. The van der Waals surface area contributed by atoms with Crippen molar-refractivity contribution in [1.82, 2.24) is 16.0 Å². The molecule has 0 spiro atoms. The molecule has 0 saturated carbocycles. The van der Waals surface area contributed by atoms with Crippen LogP contribution in [0.1, 0.15) is 0 Å². The summed E-state index contributed by atoms with van der Waals surface area (Å²) in [6.45, 7) is 1.92. The molecule has 0 amide bonds. The van der Waals surface area contributed by atoms with E-state index >= 15 is 0 Å². The quantitative estimate of drug-likeness (QED) is 0.652. The zero-order valence-electron chi connectivity index (χ0n) is 9.85. The van der Waals surface area contributed by atoms with Crippen LogP contribution >= 0.6 is 0 Å². The van der Waals surface area contributed by atoms with E-state index < -0.39 is 0 Å². The molecule has 0 aliphatic carbocycles. The summed E-state index contributed by atoms with van der Waals surface area (Å²) in [4.78, 5) is 0. The fourth-order valence-electron chi connectivity index (χ4n) is 1.90. The van der Waals surface area contributed by atoms with E-state index in [2.05, 4.69) is 28.1 Å². The molecule has 3 rings (SSSR count). The highest BCUT2D eigenvalue weighted by atomic mass is 15.0. The maximum absolute atomic E-state index is 3.41. The molecule has 3 aliphatic heterocycles. The van der Waals surface area contributed by atoms with Gasteiger partial charge in [0.1, 0.15) is 0 Å². The Kier molecular flexibility index (Phi) is 2.88. The van der Waals surface area contributed by atoms with Crippen LogP contribution in [0.25, 0.3) is 0 Å². The van der Waals surface area contributed by atoms with Crippen LogP contribution in [0.3, 0.4) is 0 Å². The molecule has 3 N–H and O–H groups in total. The van der Waals surface area contributed by atoms with Gasteiger partial charge in [-0.2, -0.15) is 0 Å². The molecule has 3 heterocycles. The van der Waals surface area contributed by atoms with Gasteiger partial charge >= 0.3 is 0 Å². The van der Waals surface area contributed by atoms with E-state index in [0.29, 0.717) is 0 Å². The standard InChI is InChI=1S/C15H14N3/c1-3-10-16-12(6-1)14-8-5-9-15(18-14)13-7-2-4-11-17-13/h1-11,16-18H/b14-12-. The van der Waals surface area contributed by atoms with E-state index in [9.17, 15) is 0 Å². The van der Waals surface area contributed by atoms with Crippen LogP contribution in [-0.2, 0) is 0 Å². The van der Waals surface area contributed by atoms with Crippen LogP contribution in [0.5, 0.6) is 0 Å². The van der Waals surface area contributed by atoms with E-state index in [1.54, 1.807) is 0 Å². The SMILES string of the molecule is [CH]1C=CC=C(C2=CC=C/C(=C3\C=CC=CN3)N2)N1. The third-order valence-electron chi connectivity index (χ3n) is 2.79. The monoisotopic (exact) mass is 236 g/mol. The van der Waals surface area contributed by atoms with Gasteiger partial charge in [0.2, 0.25) is 0 Å². The lowest BCUT2D eigenvalue weighted by molar-refractivity contribution is 0.885. The highest BCUT2D eigenvalue weighted by molar-refractivity contribution is 5.47. The zero-order chi connectivity index (χ0) is 12.2. The topological polar surface area (TPSA) is 36.1 Å². The number of hydrogen-bond acceptors (Lipinski definition) is 3. The lowest BCUT2D eigenvalue weighted by Crippen LogP contribution is -2.25. The first kappa shape index (κ1) is 10.7. The molecule has 0 unspecified atom stereocenters. The number of rotatable bonds is 1. The van der Waals surface area contributed by atoms with Crippen LogP contribution in [0.4, 0.5) is 0 Å². The van der Waals surface area contributed by atoms with Crippen molar-refractivity contribution in [3.63, 3.8) is 0 Å². The fraction of sp³-hybridized carbons (Fsp3) is 0. The highest BCUT2D eigenvalue weighted by Gasteiger charge is 2.11. The Hall–Kier alpha value is -2.42. The molecule has 0 aromatic rings.